The summed E-state index contributed by atoms with van der Waals surface area (Å²) in [5, 5.41) is 2.98. The Balaban J connectivity index is 2.02. The lowest BCUT2D eigenvalue weighted by molar-refractivity contribution is 0.318. The first-order chi connectivity index (χ1) is 9.85. The van der Waals surface area contributed by atoms with Crippen LogP contribution in [0.4, 0.5) is 0 Å². The van der Waals surface area contributed by atoms with E-state index in [2.05, 4.69) is 10.0 Å². The van der Waals surface area contributed by atoms with Gasteiger partial charge in [-0.15, -0.1) is 0 Å². The zero-order valence-corrected chi connectivity index (χ0v) is 13.7. The Labute approximate surface area is 127 Å². The van der Waals surface area contributed by atoms with Gasteiger partial charge in [0.15, 0.2) is 0 Å². The standard InChI is InChI=1S/C15H24N2O3S/c1-15(2,12-4-5-12)17-21(18,19)14-8-6-13(7-9-14)20-11-10-16-3/h6-9,12,16-17H,4-5,10-11H2,1-3H3. The van der Waals surface area contributed by atoms with Crippen molar-refractivity contribution >= 4 is 10.0 Å². The summed E-state index contributed by atoms with van der Waals surface area (Å²) < 4.78 is 33.1. The number of nitrogens with one attached hydrogen (secondary N) is 2. The molecule has 1 fully saturated rings. The predicted octanol–water partition coefficient (Wildman–Crippen LogP) is 1.75. The third kappa shape index (κ3) is 4.43. The molecule has 1 aliphatic carbocycles. The molecule has 0 atom stereocenters. The number of rotatable bonds is 8. The summed E-state index contributed by atoms with van der Waals surface area (Å²) in [6.45, 7) is 5.18. The van der Waals surface area contributed by atoms with E-state index in [1.165, 1.54) is 0 Å². The molecule has 0 aliphatic heterocycles. The molecule has 1 saturated carbocycles. The monoisotopic (exact) mass is 312 g/mol. The number of sulfonamides is 1. The lowest BCUT2D eigenvalue weighted by Gasteiger charge is -2.25. The topological polar surface area (TPSA) is 67.4 Å². The normalized spacial score (nSPS) is 16.0. The van der Waals surface area contributed by atoms with Gasteiger partial charge in [-0.2, -0.15) is 0 Å². The minimum absolute atomic E-state index is 0.275. The Morgan fingerprint density at radius 1 is 1.24 bits per heavy atom. The van der Waals surface area contributed by atoms with E-state index < -0.39 is 10.0 Å². The van der Waals surface area contributed by atoms with Gasteiger partial charge in [-0.3, -0.25) is 0 Å². The fourth-order valence-electron chi connectivity index (χ4n) is 2.28. The van der Waals surface area contributed by atoms with Crippen LogP contribution in [0.15, 0.2) is 29.2 Å². The van der Waals surface area contributed by atoms with Crippen molar-refractivity contribution in [2.45, 2.75) is 37.1 Å². The molecule has 1 aliphatic rings. The molecule has 0 saturated heterocycles. The molecular formula is C15H24N2O3S. The predicted molar refractivity (Wildman–Crippen MR) is 83.0 cm³/mol. The third-order valence-electron chi connectivity index (χ3n) is 3.75. The first kappa shape index (κ1) is 16.3. The Morgan fingerprint density at radius 3 is 2.38 bits per heavy atom. The highest BCUT2D eigenvalue weighted by molar-refractivity contribution is 7.89. The number of hydrogen-bond donors (Lipinski definition) is 2. The van der Waals surface area contributed by atoms with Gasteiger partial charge >= 0.3 is 0 Å². The van der Waals surface area contributed by atoms with Gasteiger partial charge in [-0.25, -0.2) is 13.1 Å². The van der Waals surface area contributed by atoms with Crippen LogP contribution in [0.2, 0.25) is 0 Å². The molecular weight excluding hydrogens is 288 g/mol. The summed E-state index contributed by atoms with van der Waals surface area (Å²) in [6, 6.07) is 6.54. The first-order valence-electron chi connectivity index (χ1n) is 7.26. The molecule has 5 nitrogen and oxygen atoms in total. The molecule has 2 N–H and O–H groups in total. The van der Waals surface area contributed by atoms with E-state index in [0.717, 1.165) is 19.4 Å². The second kappa shape index (κ2) is 6.34. The summed E-state index contributed by atoms with van der Waals surface area (Å²) in [4.78, 5) is 0.275. The highest BCUT2D eigenvalue weighted by Gasteiger charge is 2.40. The van der Waals surface area contributed by atoms with E-state index in [1.807, 2.05) is 20.9 Å². The average Bonchev–Trinajstić information content (AvgIpc) is 3.23. The van der Waals surface area contributed by atoms with Crippen LogP contribution in [0.1, 0.15) is 26.7 Å². The molecule has 0 radical (unpaired) electrons. The number of ether oxygens (including phenoxy) is 1. The molecule has 0 unspecified atom stereocenters. The van der Waals surface area contributed by atoms with Crippen LogP contribution in [0, 0.1) is 5.92 Å². The van der Waals surface area contributed by atoms with E-state index in [0.29, 0.717) is 18.3 Å². The summed E-state index contributed by atoms with van der Waals surface area (Å²) in [6.07, 6.45) is 2.18. The zero-order valence-electron chi connectivity index (χ0n) is 12.8. The van der Waals surface area contributed by atoms with E-state index in [1.54, 1.807) is 24.3 Å². The van der Waals surface area contributed by atoms with Crippen molar-refractivity contribution < 1.29 is 13.2 Å². The van der Waals surface area contributed by atoms with Crippen LogP contribution in [0.5, 0.6) is 5.75 Å². The van der Waals surface area contributed by atoms with Crippen molar-refractivity contribution in [2.75, 3.05) is 20.2 Å². The molecule has 0 spiro atoms. The SMILES string of the molecule is CNCCOc1ccc(S(=O)(=O)NC(C)(C)C2CC2)cc1. The summed E-state index contributed by atoms with van der Waals surface area (Å²) >= 11 is 0. The maximum Gasteiger partial charge on any atom is 0.241 e. The van der Waals surface area contributed by atoms with Crippen molar-refractivity contribution in [3.8, 4) is 5.75 Å². The van der Waals surface area contributed by atoms with Gasteiger partial charge in [0.1, 0.15) is 12.4 Å². The highest BCUT2D eigenvalue weighted by Crippen LogP contribution is 2.39. The zero-order chi connectivity index (χ0) is 15.5. The maximum atomic E-state index is 12.4. The molecule has 6 heteroatoms. The van der Waals surface area contributed by atoms with E-state index in [4.69, 9.17) is 4.74 Å². The first-order valence-corrected chi connectivity index (χ1v) is 8.75. The summed E-state index contributed by atoms with van der Waals surface area (Å²) in [5.74, 6) is 1.11. The van der Waals surface area contributed by atoms with Crippen LogP contribution >= 0.6 is 0 Å². The van der Waals surface area contributed by atoms with Gasteiger partial charge < -0.3 is 10.1 Å². The lowest BCUT2D eigenvalue weighted by atomic mass is 10.0. The van der Waals surface area contributed by atoms with Crippen molar-refractivity contribution in [3.05, 3.63) is 24.3 Å². The Bertz CT molecular complexity index is 563. The van der Waals surface area contributed by atoms with Gasteiger partial charge in [0.05, 0.1) is 4.90 Å². The minimum Gasteiger partial charge on any atom is -0.492 e. The van der Waals surface area contributed by atoms with Crippen LogP contribution < -0.4 is 14.8 Å². The number of benzene rings is 1. The van der Waals surface area contributed by atoms with Gasteiger partial charge in [0.2, 0.25) is 10.0 Å². The maximum absolute atomic E-state index is 12.4. The summed E-state index contributed by atoms with van der Waals surface area (Å²) in [7, 11) is -1.63. The van der Waals surface area contributed by atoms with Gasteiger partial charge in [-0.05, 0) is 63.9 Å². The van der Waals surface area contributed by atoms with Crippen LogP contribution in [-0.2, 0) is 10.0 Å². The van der Waals surface area contributed by atoms with Crippen molar-refractivity contribution in [2.24, 2.45) is 5.92 Å². The van der Waals surface area contributed by atoms with E-state index >= 15 is 0 Å². The second-order valence-corrected chi connectivity index (χ2v) is 7.71. The molecule has 0 amide bonds. The van der Waals surface area contributed by atoms with Crippen molar-refractivity contribution in [1.82, 2.24) is 10.0 Å². The molecule has 2 rings (SSSR count). The van der Waals surface area contributed by atoms with Crippen LogP contribution in [0.25, 0.3) is 0 Å². The second-order valence-electron chi connectivity index (χ2n) is 6.02. The Kier molecular flexibility index (Phi) is 4.91. The van der Waals surface area contributed by atoms with E-state index in [9.17, 15) is 8.42 Å². The molecule has 0 bridgehead atoms. The molecule has 0 aromatic heterocycles. The Morgan fingerprint density at radius 2 is 1.86 bits per heavy atom. The molecule has 21 heavy (non-hydrogen) atoms. The van der Waals surface area contributed by atoms with Crippen LogP contribution in [-0.4, -0.2) is 34.2 Å². The third-order valence-corrected chi connectivity index (χ3v) is 5.44. The lowest BCUT2D eigenvalue weighted by Crippen LogP contribution is -2.45. The van der Waals surface area contributed by atoms with Gasteiger partial charge in [0, 0.05) is 12.1 Å². The quantitative estimate of drug-likeness (QED) is 0.718. The molecule has 1 aromatic carbocycles. The highest BCUT2D eigenvalue weighted by atomic mass is 32.2. The van der Waals surface area contributed by atoms with Crippen molar-refractivity contribution in [3.63, 3.8) is 0 Å². The fourth-order valence-corrected chi connectivity index (χ4v) is 3.75. The Hall–Kier alpha value is -1.11. The minimum atomic E-state index is -3.48. The fraction of sp³-hybridized carbons (Fsp3) is 0.600. The molecule has 1 aromatic rings. The van der Waals surface area contributed by atoms with E-state index in [-0.39, 0.29) is 10.4 Å². The number of likely N-dealkylation sites (N-methyl/N-ethyl adjacent to an activating group) is 1. The van der Waals surface area contributed by atoms with Gasteiger partial charge in [0.25, 0.3) is 0 Å². The van der Waals surface area contributed by atoms with Crippen LogP contribution in [0.3, 0.4) is 0 Å². The summed E-state index contributed by atoms with van der Waals surface area (Å²) in [5.41, 5.74) is -0.388. The molecule has 118 valence electrons. The van der Waals surface area contributed by atoms with Gasteiger partial charge in [-0.1, -0.05) is 0 Å². The smallest absolute Gasteiger partial charge is 0.241 e. The largest absolute Gasteiger partial charge is 0.492 e. The van der Waals surface area contributed by atoms with Crippen molar-refractivity contribution in [1.29, 1.82) is 0 Å². The number of hydrogen-bond acceptors (Lipinski definition) is 4. The molecule has 0 heterocycles. The average molecular weight is 312 g/mol.